The van der Waals surface area contributed by atoms with E-state index in [0.717, 1.165) is 10.1 Å². The van der Waals surface area contributed by atoms with Crippen LogP contribution in [-0.4, -0.2) is 48.5 Å². The number of nitrogens with one attached hydrogen (secondary N) is 1. The van der Waals surface area contributed by atoms with Crippen molar-refractivity contribution in [1.82, 2.24) is 14.9 Å². The molecular formula is C18H24N4O5S. The van der Waals surface area contributed by atoms with E-state index in [-0.39, 0.29) is 11.7 Å². The Hall–Kier alpha value is -2.56. The van der Waals surface area contributed by atoms with Gasteiger partial charge in [-0.15, -0.1) is 10.8 Å². The fourth-order valence-electron chi connectivity index (χ4n) is 3.05. The van der Waals surface area contributed by atoms with Gasteiger partial charge in [0.25, 0.3) is 11.5 Å². The highest BCUT2D eigenvalue weighted by Gasteiger charge is 2.31. The highest BCUT2D eigenvalue weighted by molar-refractivity contribution is 8.25. The third-order valence-electron chi connectivity index (χ3n) is 4.61. The first kappa shape index (κ1) is 20.2. The average Bonchev–Trinajstić information content (AvgIpc) is 2.67. The van der Waals surface area contributed by atoms with Crippen molar-refractivity contribution in [3.63, 3.8) is 0 Å². The third kappa shape index (κ3) is 4.13. The molecule has 2 aromatic rings. The molecule has 1 aliphatic heterocycles. The first-order valence-electron chi connectivity index (χ1n) is 8.97. The Morgan fingerprint density at radius 2 is 1.96 bits per heavy atom. The van der Waals surface area contributed by atoms with Gasteiger partial charge in [0.15, 0.2) is 5.69 Å². The molecule has 0 spiro atoms. The molecule has 2 heterocycles. The van der Waals surface area contributed by atoms with Gasteiger partial charge in [0.05, 0.1) is 5.75 Å². The lowest BCUT2D eigenvalue weighted by molar-refractivity contribution is 0.0945. The lowest BCUT2D eigenvalue weighted by Gasteiger charge is -2.46. The molecule has 1 saturated heterocycles. The second-order valence-corrected chi connectivity index (χ2v) is 8.72. The molecule has 9 nitrogen and oxygen atoms in total. The van der Waals surface area contributed by atoms with Crippen molar-refractivity contribution < 1.29 is 19.0 Å². The number of carbonyl (C=O) groups excluding carboxylic acids is 1. The summed E-state index contributed by atoms with van der Waals surface area (Å²) in [5.74, 6) is -1.34. The summed E-state index contributed by atoms with van der Waals surface area (Å²) in [5, 5.41) is 12.8. The number of nitrogens with zero attached hydrogens (tertiary/aromatic N) is 3. The smallest absolute Gasteiger partial charge is 0.297 e. The van der Waals surface area contributed by atoms with Crippen LogP contribution in [0.1, 0.15) is 28.9 Å². The van der Waals surface area contributed by atoms with Gasteiger partial charge in [-0.1, -0.05) is 30.3 Å². The molecule has 1 aromatic carbocycles. The maximum absolute atomic E-state index is 12.5. The fraction of sp³-hybridized carbons (Fsp3) is 0.389. The Morgan fingerprint density at radius 3 is 2.64 bits per heavy atom. The molecule has 1 fully saturated rings. The number of carbonyl (C=O) groups is 1. The van der Waals surface area contributed by atoms with Crippen LogP contribution in [0, 0.1) is 0 Å². The topological polar surface area (TPSA) is 128 Å². The van der Waals surface area contributed by atoms with Crippen molar-refractivity contribution in [1.29, 1.82) is 0 Å². The van der Waals surface area contributed by atoms with E-state index in [0.29, 0.717) is 32.4 Å². The fourth-order valence-corrected chi connectivity index (χ4v) is 4.71. The molecule has 4 N–H and O–H groups in total. The van der Waals surface area contributed by atoms with Gasteiger partial charge in [-0.25, -0.2) is 9.29 Å². The van der Waals surface area contributed by atoms with E-state index >= 15 is 0 Å². The van der Waals surface area contributed by atoms with Crippen molar-refractivity contribution >= 4 is 22.6 Å². The van der Waals surface area contributed by atoms with Crippen molar-refractivity contribution in [2.45, 2.75) is 19.3 Å². The Morgan fingerprint density at radius 1 is 1.25 bits per heavy atom. The number of aromatic nitrogens is 2. The second kappa shape index (κ2) is 8.21. The summed E-state index contributed by atoms with van der Waals surface area (Å²) >= 11 is 0. The van der Waals surface area contributed by atoms with Gasteiger partial charge in [-0.2, -0.15) is 0 Å². The predicted octanol–water partition coefficient (Wildman–Crippen LogP) is 1.72. The van der Waals surface area contributed by atoms with Crippen molar-refractivity contribution in [3.05, 3.63) is 51.9 Å². The minimum absolute atomic E-state index is 0.0456. The van der Waals surface area contributed by atoms with E-state index in [2.05, 4.69) is 10.3 Å². The number of rotatable bonds is 5. The van der Waals surface area contributed by atoms with E-state index in [1.807, 2.05) is 30.3 Å². The van der Waals surface area contributed by atoms with Crippen LogP contribution in [-0.2, 0) is 13.5 Å². The average molecular weight is 408 g/mol. The molecule has 10 heteroatoms. The summed E-state index contributed by atoms with van der Waals surface area (Å²) in [6, 6.07) is 9.55. The molecule has 0 unspecified atom stereocenters. The Balaban J connectivity index is 1.83. The zero-order chi connectivity index (χ0) is 20.3. The first-order chi connectivity index (χ1) is 13.3. The van der Waals surface area contributed by atoms with E-state index in [1.165, 1.54) is 11.4 Å². The Bertz CT molecular complexity index is 916. The molecule has 1 aromatic heterocycles. The van der Waals surface area contributed by atoms with Crippen LogP contribution in [0.3, 0.4) is 0 Å². The van der Waals surface area contributed by atoms with Crippen LogP contribution in [0.15, 0.2) is 35.1 Å². The minimum atomic E-state index is -3.13. The number of amides is 1. The quantitative estimate of drug-likeness (QED) is 0.593. The zero-order valence-corrected chi connectivity index (χ0v) is 16.4. The van der Waals surface area contributed by atoms with E-state index in [1.54, 1.807) is 0 Å². The number of hydrogen-bond acceptors (Lipinski definition) is 7. The van der Waals surface area contributed by atoms with Crippen molar-refractivity contribution in [2.24, 2.45) is 7.05 Å². The highest BCUT2D eigenvalue weighted by atomic mass is 32.3. The molecular weight excluding hydrogens is 384 g/mol. The summed E-state index contributed by atoms with van der Waals surface area (Å²) in [7, 11) is -1.76. The van der Waals surface area contributed by atoms with Crippen molar-refractivity contribution in [2.75, 3.05) is 23.1 Å². The normalized spacial score (nSPS) is 17.2. The van der Waals surface area contributed by atoms with Gasteiger partial charge in [-0.05, 0) is 24.8 Å². The molecule has 1 amide bonds. The van der Waals surface area contributed by atoms with Gasteiger partial charge in [0.2, 0.25) is 11.7 Å². The Kier molecular flexibility index (Phi) is 5.92. The van der Waals surface area contributed by atoms with Gasteiger partial charge < -0.3 is 10.4 Å². The van der Waals surface area contributed by atoms with Crippen LogP contribution < -0.4 is 15.2 Å². The summed E-state index contributed by atoms with van der Waals surface area (Å²) in [5.41, 5.74) is -0.210. The molecule has 0 radical (unpaired) electrons. The van der Waals surface area contributed by atoms with Crippen LogP contribution in [0.25, 0.3) is 0 Å². The number of anilines is 1. The summed E-state index contributed by atoms with van der Waals surface area (Å²) in [6.45, 7) is 0.593. The summed E-state index contributed by atoms with van der Waals surface area (Å²) < 4.78 is 22.9. The molecule has 1 aliphatic rings. The number of benzene rings is 1. The van der Waals surface area contributed by atoms with Crippen LogP contribution in [0.4, 0.5) is 5.95 Å². The highest BCUT2D eigenvalue weighted by Crippen LogP contribution is 2.48. The Labute approximate surface area is 164 Å². The maximum Gasteiger partial charge on any atom is 0.297 e. The maximum atomic E-state index is 12.5. The predicted molar refractivity (Wildman–Crippen MR) is 108 cm³/mol. The second-order valence-electron chi connectivity index (χ2n) is 6.61. The van der Waals surface area contributed by atoms with E-state index in [4.69, 9.17) is 0 Å². The molecule has 0 aliphatic carbocycles. The standard InChI is InChI=1S/C18H24N4O5S/c1-21-17(25)15(23)14(16(24)19-10-9-13-7-3-2-4-8-13)20-18(21)22-11-5-6-12-28(22,26)27/h2-4,7-8,23,26-27H,5-6,9-12H2,1H3,(H,19,24). The lowest BCUT2D eigenvalue weighted by Crippen LogP contribution is -2.40. The molecule has 28 heavy (non-hydrogen) atoms. The largest absolute Gasteiger partial charge is 0.501 e. The van der Waals surface area contributed by atoms with E-state index in [9.17, 15) is 23.8 Å². The van der Waals surface area contributed by atoms with Crippen LogP contribution in [0.2, 0.25) is 0 Å². The van der Waals surface area contributed by atoms with Crippen LogP contribution in [0.5, 0.6) is 5.75 Å². The number of aromatic hydroxyl groups is 1. The summed E-state index contributed by atoms with van der Waals surface area (Å²) in [4.78, 5) is 29.0. The number of hydrogen-bond donors (Lipinski definition) is 4. The van der Waals surface area contributed by atoms with Gasteiger partial charge in [0.1, 0.15) is 0 Å². The van der Waals surface area contributed by atoms with Gasteiger partial charge in [-0.3, -0.25) is 23.3 Å². The van der Waals surface area contributed by atoms with Crippen molar-refractivity contribution in [3.8, 4) is 5.75 Å². The van der Waals surface area contributed by atoms with E-state index < -0.39 is 33.7 Å². The molecule has 0 saturated carbocycles. The molecule has 3 rings (SSSR count). The molecule has 0 atom stereocenters. The first-order valence-corrected chi connectivity index (χ1v) is 10.6. The molecule has 0 bridgehead atoms. The zero-order valence-electron chi connectivity index (χ0n) is 15.5. The lowest BCUT2D eigenvalue weighted by atomic mass is 10.1. The molecule has 152 valence electrons. The minimum Gasteiger partial charge on any atom is -0.501 e. The van der Waals surface area contributed by atoms with Gasteiger partial charge in [0, 0.05) is 20.1 Å². The van der Waals surface area contributed by atoms with Crippen LogP contribution >= 0.6 is 10.8 Å². The van der Waals surface area contributed by atoms with Gasteiger partial charge >= 0.3 is 0 Å². The SMILES string of the molecule is Cn1c(N2CCCCS2(O)O)nc(C(=O)NCCc2ccccc2)c(O)c1=O. The third-order valence-corrected chi connectivity index (χ3v) is 6.49. The summed E-state index contributed by atoms with van der Waals surface area (Å²) in [6.07, 6.45) is 1.93. The monoisotopic (exact) mass is 408 g/mol.